The number of nitrogens with one attached hydrogen (secondary N) is 2. The summed E-state index contributed by atoms with van der Waals surface area (Å²) in [7, 11) is 0. The number of nitrogens with two attached hydrogens (primary N) is 1. The number of ketones is 1. The van der Waals surface area contributed by atoms with E-state index < -0.39 is 23.6 Å². The summed E-state index contributed by atoms with van der Waals surface area (Å²) in [6.45, 7) is 0. The molecule has 2 aromatic heterocycles. The summed E-state index contributed by atoms with van der Waals surface area (Å²) in [5, 5.41) is 2.60. The van der Waals surface area contributed by atoms with Crippen molar-refractivity contribution in [3.05, 3.63) is 78.4 Å². The van der Waals surface area contributed by atoms with Crippen LogP contribution in [0.2, 0.25) is 0 Å². The molecule has 1 unspecified atom stereocenters. The second-order valence-electron chi connectivity index (χ2n) is 6.67. The van der Waals surface area contributed by atoms with Crippen molar-refractivity contribution in [2.75, 3.05) is 0 Å². The molecule has 2 amide bonds. The van der Waals surface area contributed by atoms with E-state index >= 15 is 0 Å². The van der Waals surface area contributed by atoms with Crippen molar-refractivity contribution in [2.24, 2.45) is 5.73 Å². The van der Waals surface area contributed by atoms with Crippen LogP contribution in [-0.4, -0.2) is 43.2 Å². The number of hydrogen-bond donors (Lipinski definition) is 3. The Balaban J connectivity index is 1.61. The number of primary amides is 1. The van der Waals surface area contributed by atoms with Crippen LogP contribution in [0.15, 0.2) is 67.1 Å². The van der Waals surface area contributed by atoms with Gasteiger partial charge in [0.05, 0.1) is 17.2 Å². The molecule has 0 spiro atoms. The Morgan fingerprint density at radius 2 is 1.80 bits per heavy atom. The highest BCUT2D eigenvalue weighted by Gasteiger charge is 2.27. The van der Waals surface area contributed by atoms with Gasteiger partial charge in [0.2, 0.25) is 11.7 Å². The largest absolute Gasteiger partial charge is 0.363 e. The van der Waals surface area contributed by atoms with E-state index in [1.54, 1.807) is 24.3 Å². The van der Waals surface area contributed by atoms with Crippen LogP contribution < -0.4 is 11.1 Å². The van der Waals surface area contributed by atoms with E-state index in [9.17, 15) is 14.4 Å². The monoisotopic (exact) mass is 402 g/mol. The van der Waals surface area contributed by atoms with E-state index in [4.69, 9.17) is 5.73 Å². The normalized spacial score (nSPS) is 11.9. The summed E-state index contributed by atoms with van der Waals surface area (Å²) in [6, 6.07) is 15.4. The van der Waals surface area contributed by atoms with Crippen molar-refractivity contribution in [1.82, 2.24) is 24.8 Å². The summed E-state index contributed by atoms with van der Waals surface area (Å²) >= 11 is 0. The number of imidazole rings is 2. The van der Waals surface area contributed by atoms with Crippen LogP contribution in [0.5, 0.6) is 0 Å². The van der Waals surface area contributed by atoms with Crippen molar-refractivity contribution >= 4 is 28.6 Å². The van der Waals surface area contributed by atoms with Crippen molar-refractivity contribution in [1.29, 1.82) is 0 Å². The lowest BCUT2D eigenvalue weighted by molar-refractivity contribution is -0.137. The molecule has 2 aromatic carbocycles. The Bertz CT molecular complexity index is 1190. The molecule has 4 N–H and O–H groups in total. The Morgan fingerprint density at radius 3 is 2.53 bits per heavy atom. The van der Waals surface area contributed by atoms with Gasteiger partial charge in [0.25, 0.3) is 11.8 Å². The predicted octanol–water partition coefficient (Wildman–Crippen LogP) is 1.14. The van der Waals surface area contributed by atoms with E-state index in [0.29, 0.717) is 5.95 Å². The Kier molecular flexibility index (Phi) is 5.08. The number of para-hydroxylation sites is 2. The standard InChI is InChI=1S/C21H18N6O3/c22-19(29)18(28)16(10-13-6-2-1-3-7-13)24-20(30)17-11-23-12-27(17)21-25-14-8-4-5-9-15(14)26-21/h1-9,11-12,16H,10H2,(H2,22,29)(H,24,30)(H,25,26). The van der Waals surface area contributed by atoms with E-state index in [1.807, 2.05) is 30.3 Å². The average Bonchev–Trinajstić information content (AvgIpc) is 3.40. The first-order valence-corrected chi connectivity index (χ1v) is 9.19. The van der Waals surface area contributed by atoms with Gasteiger partial charge in [-0.3, -0.25) is 19.0 Å². The van der Waals surface area contributed by atoms with Crippen LogP contribution in [-0.2, 0) is 16.0 Å². The van der Waals surface area contributed by atoms with Gasteiger partial charge in [-0.05, 0) is 17.7 Å². The van der Waals surface area contributed by atoms with Crippen LogP contribution in [0, 0.1) is 0 Å². The molecule has 150 valence electrons. The molecule has 0 aliphatic carbocycles. The number of aromatic amines is 1. The fraction of sp³-hybridized carbons (Fsp3) is 0.0952. The van der Waals surface area contributed by atoms with E-state index in [-0.39, 0.29) is 12.1 Å². The molecular formula is C21H18N6O3. The zero-order valence-corrected chi connectivity index (χ0v) is 15.8. The number of carbonyl (C=O) groups excluding carboxylic acids is 3. The minimum atomic E-state index is -1.11. The molecule has 9 nitrogen and oxygen atoms in total. The van der Waals surface area contributed by atoms with Gasteiger partial charge < -0.3 is 16.0 Å². The molecule has 4 rings (SSSR count). The van der Waals surface area contributed by atoms with Gasteiger partial charge in [-0.15, -0.1) is 0 Å². The molecule has 0 aliphatic rings. The van der Waals surface area contributed by atoms with E-state index in [1.165, 1.54) is 17.1 Å². The molecule has 0 fully saturated rings. The molecular weight excluding hydrogens is 384 g/mol. The van der Waals surface area contributed by atoms with Gasteiger partial charge >= 0.3 is 0 Å². The molecule has 30 heavy (non-hydrogen) atoms. The van der Waals surface area contributed by atoms with Crippen LogP contribution >= 0.6 is 0 Å². The maximum Gasteiger partial charge on any atom is 0.287 e. The highest BCUT2D eigenvalue weighted by atomic mass is 16.2. The molecule has 4 aromatic rings. The van der Waals surface area contributed by atoms with Gasteiger partial charge in [0.1, 0.15) is 18.1 Å². The topological polar surface area (TPSA) is 136 Å². The van der Waals surface area contributed by atoms with Crippen LogP contribution in [0.25, 0.3) is 17.0 Å². The summed E-state index contributed by atoms with van der Waals surface area (Å²) in [5.74, 6) is -2.16. The number of benzene rings is 2. The summed E-state index contributed by atoms with van der Waals surface area (Å²) in [5.41, 5.74) is 7.65. The number of H-pyrrole nitrogens is 1. The first-order chi connectivity index (χ1) is 14.5. The third-order valence-corrected chi connectivity index (χ3v) is 4.62. The number of fused-ring (bicyclic) bond motifs is 1. The highest BCUT2D eigenvalue weighted by Crippen LogP contribution is 2.15. The lowest BCUT2D eigenvalue weighted by atomic mass is 10.0. The third-order valence-electron chi connectivity index (χ3n) is 4.62. The van der Waals surface area contributed by atoms with Crippen molar-refractivity contribution in [3.63, 3.8) is 0 Å². The fourth-order valence-corrected chi connectivity index (χ4v) is 3.15. The van der Waals surface area contributed by atoms with Gasteiger partial charge in [0, 0.05) is 6.42 Å². The van der Waals surface area contributed by atoms with Crippen LogP contribution in [0.3, 0.4) is 0 Å². The molecule has 1 atom stereocenters. The average molecular weight is 402 g/mol. The van der Waals surface area contributed by atoms with E-state index in [2.05, 4.69) is 20.3 Å². The van der Waals surface area contributed by atoms with Crippen LogP contribution in [0.1, 0.15) is 16.1 Å². The Morgan fingerprint density at radius 1 is 1.07 bits per heavy atom. The maximum absolute atomic E-state index is 12.9. The molecule has 0 saturated heterocycles. The predicted molar refractivity (Wildman–Crippen MR) is 109 cm³/mol. The molecule has 0 radical (unpaired) electrons. The Labute approximate surface area is 170 Å². The number of Topliss-reactive ketones (excluding diaryl/α,β-unsaturated/α-hetero) is 1. The summed E-state index contributed by atoms with van der Waals surface area (Å²) in [4.78, 5) is 48.3. The summed E-state index contributed by atoms with van der Waals surface area (Å²) < 4.78 is 1.48. The van der Waals surface area contributed by atoms with Gasteiger partial charge in [-0.1, -0.05) is 42.5 Å². The smallest absolute Gasteiger partial charge is 0.287 e. The first kappa shape index (κ1) is 19.1. The lowest BCUT2D eigenvalue weighted by Gasteiger charge is -2.16. The number of aromatic nitrogens is 4. The molecule has 0 aliphatic heterocycles. The second kappa shape index (κ2) is 8.00. The zero-order valence-electron chi connectivity index (χ0n) is 15.8. The number of carbonyl (C=O) groups is 3. The fourth-order valence-electron chi connectivity index (χ4n) is 3.15. The molecule has 0 bridgehead atoms. The molecule has 0 saturated carbocycles. The Hall–Kier alpha value is -4.27. The molecule has 2 heterocycles. The van der Waals surface area contributed by atoms with Crippen molar-refractivity contribution < 1.29 is 14.4 Å². The van der Waals surface area contributed by atoms with Gasteiger partial charge in [0.15, 0.2) is 0 Å². The minimum absolute atomic E-state index is 0.132. The minimum Gasteiger partial charge on any atom is -0.363 e. The highest BCUT2D eigenvalue weighted by molar-refractivity contribution is 6.38. The number of nitrogens with zero attached hydrogens (tertiary/aromatic N) is 3. The van der Waals surface area contributed by atoms with Crippen molar-refractivity contribution in [2.45, 2.75) is 12.5 Å². The zero-order chi connectivity index (χ0) is 21.1. The number of amides is 2. The SMILES string of the molecule is NC(=O)C(=O)C(Cc1ccccc1)NC(=O)c1cncn1-c1nc2ccccc2[nH]1. The third kappa shape index (κ3) is 3.81. The first-order valence-electron chi connectivity index (χ1n) is 9.19. The quantitative estimate of drug-likeness (QED) is 0.398. The molecule has 9 heteroatoms. The number of hydrogen-bond acceptors (Lipinski definition) is 5. The van der Waals surface area contributed by atoms with E-state index in [0.717, 1.165) is 16.6 Å². The second-order valence-corrected chi connectivity index (χ2v) is 6.67. The summed E-state index contributed by atoms with van der Waals surface area (Å²) in [6.07, 6.45) is 2.93. The maximum atomic E-state index is 12.9. The van der Waals surface area contributed by atoms with Crippen molar-refractivity contribution in [3.8, 4) is 5.95 Å². The van der Waals surface area contributed by atoms with Crippen LogP contribution in [0.4, 0.5) is 0 Å². The van der Waals surface area contributed by atoms with Gasteiger partial charge in [-0.25, -0.2) is 9.97 Å². The lowest BCUT2D eigenvalue weighted by Crippen LogP contribution is -2.47. The number of rotatable bonds is 7. The van der Waals surface area contributed by atoms with Gasteiger partial charge in [-0.2, -0.15) is 0 Å².